The first-order valence-corrected chi connectivity index (χ1v) is 16.5. The van der Waals surface area contributed by atoms with Crippen LogP contribution >= 0.6 is 0 Å². The molecule has 0 aromatic heterocycles. The average Bonchev–Trinajstić information content (AvgIpc) is 3.47. The first-order valence-electron chi connectivity index (χ1n) is 16.5. The number of nitrogens with one attached hydrogen (secondary N) is 2. The number of ether oxygens (including phenoxy) is 1. The molecule has 9 heteroatoms. The molecule has 0 spiro atoms. The molecule has 1 unspecified atom stereocenters. The summed E-state index contributed by atoms with van der Waals surface area (Å²) < 4.78 is 19.9. The summed E-state index contributed by atoms with van der Waals surface area (Å²) in [6, 6.07) is 15.3. The SMILES string of the molecule is CNC(=O)c1ccc(N2CC(CN3CCC(C(CN4CCC4)(c4cccc(F)c4)[C@H]4CCC[C@@H]4NC(=O)OC)CC3)C2)cc1. The highest BCUT2D eigenvalue weighted by Crippen LogP contribution is 2.51. The number of piperidine rings is 1. The number of hydrogen-bond acceptors (Lipinski definition) is 6. The van der Waals surface area contributed by atoms with Gasteiger partial charge in [0, 0.05) is 61.9 Å². The molecule has 8 nitrogen and oxygen atoms in total. The minimum atomic E-state index is -0.370. The lowest BCUT2D eigenvalue weighted by molar-refractivity contribution is 0.0223. The van der Waals surface area contributed by atoms with Crippen LogP contribution in [0.25, 0.3) is 0 Å². The standard InChI is InChI=1S/C35H48FN5O3/c1-37-33(42)26-10-12-30(13-11-26)41-22-25(23-41)21-39-18-14-27(15-19-39)35(24-40-16-5-17-40,28-6-3-7-29(36)20-28)31-8-4-9-32(31)38-34(43)44-2/h3,6-7,10-13,20,25,27,31-32H,4-5,8-9,14-19,21-24H2,1-2H3,(H,37,42)(H,38,43)/t31-,32-,35?/m0/s1. The van der Waals surface area contributed by atoms with Crippen molar-refractivity contribution in [2.75, 3.05) is 71.4 Å². The predicted octanol–water partition coefficient (Wildman–Crippen LogP) is 4.50. The summed E-state index contributed by atoms with van der Waals surface area (Å²) in [7, 11) is 3.08. The van der Waals surface area contributed by atoms with E-state index in [-0.39, 0.29) is 35.2 Å². The van der Waals surface area contributed by atoms with Gasteiger partial charge in [0.25, 0.3) is 5.91 Å². The quantitative estimate of drug-likeness (QED) is 0.416. The van der Waals surface area contributed by atoms with Crippen molar-refractivity contribution in [1.82, 2.24) is 20.4 Å². The number of alkyl carbamates (subject to hydrolysis) is 1. The summed E-state index contributed by atoms with van der Waals surface area (Å²) in [5.74, 6) is 1.03. The molecule has 1 saturated carbocycles. The molecule has 238 valence electrons. The van der Waals surface area contributed by atoms with Gasteiger partial charge in [-0.25, -0.2) is 9.18 Å². The number of carbonyl (C=O) groups is 2. The van der Waals surface area contributed by atoms with Crippen molar-refractivity contribution < 1.29 is 18.7 Å². The maximum atomic E-state index is 14.9. The zero-order chi connectivity index (χ0) is 30.7. The number of likely N-dealkylation sites (tertiary alicyclic amines) is 2. The Morgan fingerprint density at radius 3 is 2.34 bits per heavy atom. The predicted molar refractivity (Wildman–Crippen MR) is 171 cm³/mol. The van der Waals surface area contributed by atoms with Gasteiger partial charge in [-0.2, -0.15) is 0 Å². The first kappa shape index (κ1) is 30.8. The summed E-state index contributed by atoms with van der Waals surface area (Å²) in [5.41, 5.74) is 2.73. The molecule has 2 N–H and O–H groups in total. The lowest BCUT2D eigenvalue weighted by atomic mass is 9.57. The Bertz CT molecular complexity index is 1290. The van der Waals surface area contributed by atoms with Gasteiger partial charge in [-0.15, -0.1) is 0 Å². The summed E-state index contributed by atoms with van der Waals surface area (Å²) in [5, 5.41) is 5.87. The summed E-state index contributed by atoms with van der Waals surface area (Å²) in [6.45, 7) is 8.33. The highest BCUT2D eigenvalue weighted by Gasteiger charge is 2.53. The molecular formula is C35H48FN5O3. The van der Waals surface area contributed by atoms with E-state index in [1.165, 1.54) is 19.2 Å². The molecule has 3 saturated heterocycles. The van der Waals surface area contributed by atoms with Crippen molar-refractivity contribution in [2.45, 2.75) is 50.0 Å². The fraction of sp³-hybridized carbons (Fsp3) is 0.600. The number of anilines is 1. The number of benzene rings is 2. The molecule has 0 bridgehead atoms. The van der Waals surface area contributed by atoms with E-state index in [0.29, 0.717) is 17.4 Å². The van der Waals surface area contributed by atoms with Crippen LogP contribution in [-0.2, 0) is 10.2 Å². The van der Waals surface area contributed by atoms with Gasteiger partial charge in [0.1, 0.15) is 5.82 Å². The second kappa shape index (κ2) is 13.4. The molecule has 2 amide bonds. The van der Waals surface area contributed by atoms with Crippen molar-refractivity contribution in [1.29, 1.82) is 0 Å². The second-order valence-electron chi connectivity index (χ2n) is 13.4. The summed E-state index contributed by atoms with van der Waals surface area (Å²) in [4.78, 5) is 31.9. The number of amides is 2. The van der Waals surface area contributed by atoms with Crippen LogP contribution in [0.1, 0.15) is 54.4 Å². The third-order valence-electron chi connectivity index (χ3n) is 11.0. The van der Waals surface area contributed by atoms with E-state index in [4.69, 9.17) is 4.74 Å². The summed E-state index contributed by atoms with van der Waals surface area (Å²) in [6.07, 6.45) is 6.01. The number of nitrogens with zero attached hydrogens (tertiary/aromatic N) is 3. The van der Waals surface area contributed by atoms with Crippen LogP contribution in [0.15, 0.2) is 48.5 Å². The highest BCUT2D eigenvalue weighted by molar-refractivity contribution is 5.94. The van der Waals surface area contributed by atoms with Crippen molar-refractivity contribution in [2.24, 2.45) is 17.8 Å². The molecule has 1 aliphatic carbocycles. The molecule has 44 heavy (non-hydrogen) atoms. The van der Waals surface area contributed by atoms with E-state index in [0.717, 1.165) is 90.0 Å². The molecule has 4 aliphatic rings. The van der Waals surface area contributed by atoms with Gasteiger partial charge < -0.3 is 30.1 Å². The Labute approximate surface area is 261 Å². The monoisotopic (exact) mass is 605 g/mol. The van der Waals surface area contributed by atoms with Crippen LogP contribution in [0.5, 0.6) is 0 Å². The van der Waals surface area contributed by atoms with Crippen molar-refractivity contribution in [3.05, 3.63) is 65.5 Å². The number of halogens is 1. The van der Waals surface area contributed by atoms with E-state index in [9.17, 15) is 14.0 Å². The Hall–Kier alpha value is -3.17. The highest BCUT2D eigenvalue weighted by atomic mass is 19.1. The molecular weight excluding hydrogens is 557 g/mol. The molecule has 2 aromatic carbocycles. The largest absolute Gasteiger partial charge is 0.453 e. The topological polar surface area (TPSA) is 77.2 Å². The first-order chi connectivity index (χ1) is 21.4. The number of rotatable bonds is 10. The molecule has 0 radical (unpaired) electrons. The van der Waals surface area contributed by atoms with Gasteiger partial charge in [-0.3, -0.25) is 4.79 Å². The minimum Gasteiger partial charge on any atom is -0.453 e. The van der Waals surface area contributed by atoms with E-state index < -0.39 is 0 Å². The van der Waals surface area contributed by atoms with Crippen molar-refractivity contribution in [3.63, 3.8) is 0 Å². The van der Waals surface area contributed by atoms with Gasteiger partial charge in [-0.1, -0.05) is 18.6 Å². The fourth-order valence-corrected chi connectivity index (χ4v) is 8.60. The Morgan fingerprint density at radius 2 is 1.70 bits per heavy atom. The van der Waals surface area contributed by atoms with Gasteiger partial charge in [-0.05, 0) is 112 Å². The van der Waals surface area contributed by atoms with Crippen LogP contribution < -0.4 is 15.5 Å². The van der Waals surface area contributed by atoms with Gasteiger partial charge in [0.15, 0.2) is 0 Å². The second-order valence-corrected chi connectivity index (χ2v) is 13.4. The zero-order valence-electron chi connectivity index (χ0n) is 26.3. The van der Waals surface area contributed by atoms with Crippen molar-refractivity contribution >= 4 is 17.7 Å². The minimum absolute atomic E-state index is 0.0244. The van der Waals surface area contributed by atoms with Crippen LogP contribution in [0.4, 0.5) is 14.9 Å². The fourth-order valence-electron chi connectivity index (χ4n) is 8.60. The lowest BCUT2D eigenvalue weighted by Gasteiger charge is -2.54. The van der Waals surface area contributed by atoms with Crippen molar-refractivity contribution in [3.8, 4) is 0 Å². The third kappa shape index (κ3) is 6.31. The van der Waals surface area contributed by atoms with E-state index in [2.05, 4.69) is 31.4 Å². The van der Waals surface area contributed by atoms with E-state index in [1.807, 2.05) is 30.3 Å². The molecule has 3 aliphatic heterocycles. The van der Waals surface area contributed by atoms with E-state index >= 15 is 0 Å². The Morgan fingerprint density at radius 1 is 0.955 bits per heavy atom. The maximum Gasteiger partial charge on any atom is 0.407 e. The Balaban J connectivity index is 1.15. The van der Waals surface area contributed by atoms with Crippen LogP contribution in [0.3, 0.4) is 0 Å². The molecule has 6 rings (SSSR count). The Kier molecular flexibility index (Phi) is 9.42. The van der Waals surface area contributed by atoms with Crippen LogP contribution in [0, 0.1) is 23.6 Å². The number of hydrogen-bond donors (Lipinski definition) is 2. The van der Waals surface area contributed by atoms with Gasteiger partial charge in [0.05, 0.1) is 7.11 Å². The molecule has 2 aromatic rings. The van der Waals surface area contributed by atoms with Gasteiger partial charge >= 0.3 is 6.09 Å². The van der Waals surface area contributed by atoms with Crippen LogP contribution in [-0.4, -0.2) is 94.4 Å². The third-order valence-corrected chi connectivity index (χ3v) is 11.0. The van der Waals surface area contributed by atoms with E-state index in [1.54, 1.807) is 19.2 Å². The summed E-state index contributed by atoms with van der Waals surface area (Å²) >= 11 is 0. The lowest BCUT2D eigenvalue weighted by Crippen LogP contribution is -2.60. The molecule has 3 heterocycles. The zero-order valence-corrected chi connectivity index (χ0v) is 26.3. The van der Waals surface area contributed by atoms with Crippen LogP contribution in [0.2, 0.25) is 0 Å². The number of carbonyl (C=O) groups excluding carboxylic acids is 2. The maximum absolute atomic E-state index is 14.9. The molecule has 3 atom stereocenters. The smallest absolute Gasteiger partial charge is 0.407 e. The van der Waals surface area contributed by atoms with Gasteiger partial charge in [0.2, 0.25) is 0 Å². The number of methoxy groups -OCH3 is 1. The average molecular weight is 606 g/mol. The normalized spacial score (nSPS) is 24.7. The molecule has 4 fully saturated rings.